The summed E-state index contributed by atoms with van der Waals surface area (Å²) < 4.78 is 24.3. The first-order valence-electron chi connectivity index (χ1n) is 9.21. The van der Waals surface area contributed by atoms with Gasteiger partial charge < -0.3 is 5.32 Å². The lowest BCUT2D eigenvalue weighted by atomic mass is 10.0. The summed E-state index contributed by atoms with van der Waals surface area (Å²) in [5.74, 6) is 0.309. The lowest BCUT2D eigenvalue weighted by molar-refractivity contribution is -0.115. The second-order valence-electron chi connectivity index (χ2n) is 6.23. The first kappa shape index (κ1) is 24.1. The topological polar surface area (TPSA) is 46.2 Å². The molecule has 1 atom stereocenters. The van der Waals surface area contributed by atoms with E-state index in [1.54, 1.807) is 54.6 Å². The fraction of sp³-hybridized carbons (Fsp3) is 0.174. The normalized spacial score (nSPS) is 12.7. The van der Waals surface area contributed by atoms with E-state index >= 15 is 0 Å². The van der Waals surface area contributed by atoms with Crippen molar-refractivity contribution in [3.8, 4) is 0 Å². The summed E-state index contributed by atoms with van der Waals surface area (Å²) in [4.78, 5) is 13.1. The maximum atomic E-state index is 12.5. The van der Waals surface area contributed by atoms with Crippen LogP contribution in [0.2, 0.25) is 10.0 Å². The van der Waals surface area contributed by atoms with Gasteiger partial charge in [-0.15, -0.1) is 0 Å². The smallest absolute Gasteiger partial charge is 0.228 e. The molecule has 0 aromatic heterocycles. The lowest BCUT2D eigenvalue weighted by Crippen LogP contribution is -2.14. The number of benzene rings is 2. The van der Waals surface area contributed by atoms with Crippen molar-refractivity contribution < 1.29 is 13.4 Å². The number of anilines is 1. The number of halogens is 3. The third kappa shape index (κ3) is 6.66. The number of nitrogens with one attached hydrogen (secondary N) is 1. The summed E-state index contributed by atoms with van der Waals surface area (Å²) in [6.07, 6.45) is 6.30. The van der Waals surface area contributed by atoms with Crippen molar-refractivity contribution in [1.82, 2.24) is 0 Å². The van der Waals surface area contributed by atoms with Crippen molar-refractivity contribution in [3.05, 3.63) is 88.5 Å². The first-order valence-corrected chi connectivity index (χ1v) is 11.3. The Labute approximate surface area is 188 Å². The van der Waals surface area contributed by atoms with Gasteiger partial charge in [-0.1, -0.05) is 73.1 Å². The fourth-order valence-electron chi connectivity index (χ4n) is 2.76. The molecule has 158 valence electrons. The van der Waals surface area contributed by atoms with Crippen LogP contribution < -0.4 is 5.32 Å². The Balaban J connectivity index is 2.16. The van der Waals surface area contributed by atoms with Gasteiger partial charge in [0.25, 0.3) is 0 Å². The molecule has 2 aromatic carbocycles. The molecule has 1 amide bonds. The van der Waals surface area contributed by atoms with Gasteiger partial charge >= 0.3 is 0 Å². The highest BCUT2D eigenvalue weighted by molar-refractivity contribution is 7.85. The predicted octanol–water partition coefficient (Wildman–Crippen LogP) is 6.40. The highest BCUT2D eigenvalue weighted by Gasteiger charge is 2.13. The molecule has 0 fully saturated rings. The van der Waals surface area contributed by atoms with E-state index in [1.807, 2.05) is 6.92 Å². The number of carbonyl (C=O) groups is 1. The van der Waals surface area contributed by atoms with Crippen molar-refractivity contribution in [2.75, 3.05) is 17.7 Å². The van der Waals surface area contributed by atoms with Crippen LogP contribution in [0.1, 0.15) is 18.1 Å². The Morgan fingerprint density at radius 1 is 1.20 bits per heavy atom. The fourth-order valence-corrected chi connectivity index (χ4v) is 4.24. The van der Waals surface area contributed by atoms with E-state index in [4.69, 9.17) is 23.2 Å². The summed E-state index contributed by atoms with van der Waals surface area (Å²) in [7, 11) is -1.02. The zero-order valence-electron chi connectivity index (χ0n) is 16.5. The third-order valence-electron chi connectivity index (χ3n) is 4.11. The van der Waals surface area contributed by atoms with Crippen molar-refractivity contribution in [2.45, 2.75) is 18.2 Å². The summed E-state index contributed by atoms with van der Waals surface area (Å²) in [5, 5.41) is 3.42. The summed E-state index contributed by atoms with van der Waals surface area (Å²) in [6.45, 7) is 4.88. The lowest BCUT2D eigenvalue weighted by Gasteiger charge is -2.12. The van der Waals surface area contributed by atoms with E-state index in [0.29, 0.717) is 32.6 Å². The van der Waals surface area contributed by atoms with Crippen LogP contribution in [0, 0.1) is 0 Å². The van der Waals surface area contributed by atoms with Gasteiger partial charge in [-0.05, 0) is 35.4 Å². The van der Waals surface area contributed by atoms with Gasteiger partial charge in [0.2, 0.25) is 5.91 Å². The van der Waals surface area contributed by atoms with Crippen LogP contribution in [0.4, 0.5) is 10.1 Å². The molecule has 0 aliphatic heterocycles. The molecule has 0 aliphatic carbocycles. The highest BCUT2D eigenvalue weighted by atomic mass is 35.5. The van der Waals surface area contributed by atoms with E-state index in [-0.39, 0.29) is 12.3 Å². The van der Waals surface area contributed by atoms with Crippen LogP contribution in [-0.2, 0) is 22.0 Å². The van der Waals surface area contributed by atoms with Crippen LogP contribution >= 0.6 is 23.2 Å². The minimum Gasteiger partial charge on any atom is -0.326 e. The summed E-state index contributed by atoms with van der Waals surface area (Å²) >= 11 is 12.8. The third-order valence-corrected chi connectivity index (χ3v) is 6.03. The van der Waals surface area contributed by atoms with E-state index < -0.39 is 17.5 Å². The SMILES string of the molecule is C=C/C=C(\C=C/CF)c1c(Cl)cc(NC(=O)Cc2ccc(S(=O)CC)cc2)cc1Cl. The van der Waals surface area contributed by atoms with Gasteiger partial charge in [-0.25, -0.2) is 4.39 Å². The second-order valence-corrected chi connectivity index (χ2v) is 8.79. The summed E-state index contributed by atoms with van der Waals surface area (Å²) in [6, 6.07) is 10.3. The molecule has 0 spiro atoms. The van der Waals surface area contributed by atoms with Crippen LogP contribution in [-0.4, -0.2) is 22.5 Å². The Kier molecular flexibility index (Phi) is 9.50. The number of alkyl halides is 1. The molecule has 0 heterocycles. The molecule has 7 heteroatoms. The van der Waals surface area contributed by atoms with Gasteiger partial charge in [-0.2, -0.15) is 0 Å². The monoisotopic (exact) mass is 465 g/mol. The number of carbonyl (C=O) groups excluding carboxylic acids is 1. The van der Waals surface area contributed by atoms with Crippen LogP contribution in [0.15, 0.2) is 72.2 Å². The van der Waals surface area contributed by atoms with E-state index in [0.717, 1.165) is 10.5 Å². The Morgan fingerprint density at radius 3 is 2.37 bits per heavy atom. The van der Waals surface area contributed by atoms with Gasteiger partial charge in [0.1, 0.15) is 6.67 Å². The van der Waals surface area contributed by atoms with Crippen LogP contribution in [0.3, 0.4) is 0 Å². The van der Waals surface area contributed by atoms with Crippen LogP contribution in [0.25, 0.3) is 5.57 Å². The largest absolute Gasteiger partial charge is 0.326 e. The zero-order chi connectivity index (χ0) is 22.1. The predicted molar refractivity (Wildman–Crippen MR) is 125 cm³/mol. The molecule has 0 saturated heterocycles. The molecule has 0 aliphatic rings. The Morgan fingerprint density at radius 2 is 1.83 bits per heavy atom. The standard InChI is InChI=1S/C23H22Cl2FNO2S/c1-3-6-17(7-5-12-26)23-20(24)14-18(15-21(23)25)27-22(28)13-16-8-10-19(11-9-16)30(29)4-2/h3,5-11,14-15H,1,4,12-13H2,2H3,(H,27,28)/b7-5-,17-6+. The minimum absolute atomic E-state index is 0.150. The molecule has 0 bridgehead atoms. The summed E-state index contributed by atoms with van der Waals surface area (Å²) in [5.41, 5.74) is 2.39. The number of rotatable bonds is 9. The first-order chi connectivity index (χ1) is 14.4. The molecular formula is C23H22Cl2FNO2S. The van der Waals surface area contributed by atoms with Crippen molar-refractivity contribution in [1.29, 1.82) is 0 Å². The van der Waals surface area contributed by atoms with Gasteiger partial charge in [0, 0.05) is 21.9 Å². The molecular weight excluding hydrogens is 444 g/mol. The van der Waals surface area contributed by atoms with Crippen molar-refractivity contribution in [3.63, 3.8) is 0 Å². The Hall–Kier alpha value is -2.21. The number of allylic oxidation sites excluding steroid dienone is 5. The molecule has 0 radical (unpaired) electrons. The molecule has 2 aromatic rings. The van der Waals surface area contributed by atoms with Crippen molar-refractivity contribution in [2.24, 2.45) is 0 Å². The van der Waals surface area contributed by atoms with Crippen LogP contribution in [0.5, 0.6) is 0 Å². The van der Waals surface area contributed by atoms with Gasteiger partial charge in [0.05, 0.1) is 27.3 Å². The zero-order valence-corrected chi connectivity index (χ0v) is 18.8. The number of hydrogen-bond donors (Lipinski definition) is 1. The molecule has 1 unspecified atom stereocenters. The Bertz CT molecular complexity index is 978. The van der Waals surface area contributed by atoms with E-state index in [1.165, 1.54) is 6.08 Å². The van der Waals surface area contributed by atoms with Crippen molar-refractivity contribution >= 4 is 51.2 Å². The molecule has 2 rings (SSSR count). The maximum absolute atomic E-state index is 12.5. The maximum Gasteiger partial charge on any atom is 0.228 e. The molecule has 1 N–H and O–H groups in total. The van der Waals surface area contributed by atoms with Gasteiger partial charge in [-0.3, -0.25) is 9.00 Å². The second kappa shape index (κ2) is 11.8. The van der Waals surface area contributed by atoms with E-state index in [2.05, 4.69) is 11.9 Å². The molecule has 0 saturated carbocycles. The highest BCUT2D eigenvalue weighted by Crippen LogP contribution is 2.35. The minimum atomic E-state index is -1.02. The molecule has 30 heavy (non-hydrogen) atoms. The van der Waals surface area contributed by atoms with Gasteiger partial charge in [0.15, 0.2) is 0 Å². The van der Waals surface area contributed by atoms with E-state index in [9.17, 15) is 13.4 Å². The average molecular weight is 466 g/mol. The number of hydrogen-bond acceptors (Lipinski definition) is 2. The number of amides is 1. The average Bonchev–Trinajstić information content (AvgIpc) is 2.71. The molecule has 3 nitrogen and oxygen atoms in total. The quantitative estimate of drug-likeness (QED) is 0.435.